The second-order valence-electron chi connectivity index (χ2n) is 4.28. The van der Waals surface area contributed by atoms with Crippen molar-refractivity contribution in [2.45, 2.75) is 13.0 Å². The van der Waals surface area contributed by atoms with Crippen LogP contribution < -0.4 is 5.32 Å². The summed E-state index contributed by atoms with van der Waals surface area (Å²) < 4.78 is 5.04. The van der Waals surface area contributed by atoms with Crippen molar-refractivity contribution in [3.05, 3.63) is 53.9 Å². The molecule has 106 valence electrons. The zero-order valence-corrected chi connectivity index (χ0v) is 11.3. The van der Waals surface area contributed by atoms with Gasteiger partial charge in [-0.15, -0.1) is 0 Å². The van der Waals surface area contributed by atoms with E-state index in [2.05, 4.69) is 10.3 Å². The Hall–Kier alpha value is -3.07. The summed E-state index contributed by atoms with van der Waals surface area (Å²) in [5.41, 5.74) is 0.994. The van der Waals surface area contributed by atoms with Gasteiger partial charge in [0.1, 0.15) is 11.8 Å². The highest BCUT2D eigenvalue weighted by atomic mass is 16.5. The van der Waals surface area contributed by atoms with Crippen molar-refractivity contribution >= 4 is 17.6 Å². The lowest BCUT2D eigenvalue weighted by atomic mass is 10.2. The van der Waals surface area contributed by atoms with Crippen LogP contribution in [0.25, 0.3) is 0 Å². The minimum Gasteiger partial charge on any atom is -0.448 e. The Balaban J connectivity index is 2.00. The molecule has 6 nitrogen and oxygen atoms in total. The van der Waals surface area contributed by atoms with E-state index in [1.807, 2.05) is 6.07 Å². The number of hydrogen-bond acceptors (Lipinski definition) is 4. The molecule has 2 rings (SSSR count). The maximum atomic E-state index is 12.0. The lowest BCUT2D eigenvalue weighted by molar-refractivity contribution is -0.123. The lowest BCUT2D eigenvalue weighted by Gasteiger charge is -2.13. The van der Waals surface area contributed by atoms with E-state index in [-0.39, 0.29) is 5.69 Å². The highest BCUT2D eigenvalue weighted by Gasteiger charge is 2.20. The van der Waals surface area contributed by atoms with Crippen molar-refractivity contribution in [1.29, 1.82) is 5.26 Å². The van der Waals surface area contributed by atoms with Crippen LogP contribution in [0.4, 0.5) is 5.69 Å². The van der Waals surface area contributed by atoms with Crippen LogP contribution in [-0.4, -0.2) is 23.0 Å². The van der Waals surface area contributed by atoms with E-state index in [4.69, 9.17) is 10.00 Å². The third kappa shape index (κ3) is 3.48. The molecule has 0 saturated carbocycles. The third-order valence-corrected chi connectivity index (χ3v) is 2.78. The largest absolute Gasteiger partial charge is 0.448 e. The molecule has 1 atom stereocenters. The predicted molar refractivity (Wildman–Crippen MR) is 75.5 cm³/mol. The number of H-pyrrole nitrogens is 1. The Kier molecular flexibility index (Phi) is 4.36. The first kappa shape index (κ1) is 14.3. The average molecular weight is 283 g/mol. The number of esters is 1. The molecule has 1 amide bonds. The number of benzene rings is 1. The van der Waals surface area contributed by atoms with Gasteiger partial charge < -0.3 is 15.0 Å². The van der Waals surface area contributed by atoms with Gasteiger partial charge in [0, 0.05) is 6.20 Å². The van der Waals surface area contributed by atoms with Gasteiger partial charge in [0.25, 0.3) is 5.91 Å². The Morgan fingerprint density at radius 3 is 2.71 bits per heavy atom. The fourth-order valence-corrected chi connectivity index (χ4v) is 1.66. The maximum Gasteiger partial charge on any atom is 0.355 e. The standard InChI is InChI=1S/C15H13N3O3/c1-10(21-15(20)13-7-4-8-17-13)14(19)18-12-6-3-2-5-11(12)9-16/h2-8,10,17H,1H3,(H,18,19)/t10-/m0/s1. The summed E-state index contributed by atoms with van der Waals surface area (Å²) in [6, 6.07) is 11.8. The molecule has 2 aromatic rings. The van der Waals surface area contributed by atoms with E-state index in [0.717, 1.165) is 0 Å². The molecule has 2 N–H and O–H groups in total. The molecule has 0 fully saturated rings. The van der Waals surface area contributed by atoms with Crippen molar-refractivity contribution in [3.8, 4) is 6.07 Å². The molecule has 0 radical (unpaired) electrons. The summed E-state index contributed by atoms with van der Waals surface area (Å²) in [7, 11) is 0. The summed E-state index contributed by atoms with van der Waals surface area (Å²) in [5, 5.41) is 11.5. The fourth-order valence-electron chi connectivity index (χ4n) is 1.66. The minimum absolute atomic E-state index is 0.270. The second kappa shape index (κ2) is 6.39. The van der Waals surface area contributed by atoms with Gasteiger partial charge in [0.05, 0.1) is 11.3 Å². The van der Waals surface area contributed by atoms with E-state index >= 15 is 0 Å². The molecule has 0 aliphatic rings. The highest BCUT2D eigenvalue weighted by molar-refractivity contribution is 5.97. The van der Waals surface area contributed by atoms with Gasteiger partial charge >= 0.3 is 5.97 Å². The number of rotatable bonds is 4. The van der Waals surface area contributed by atoms with Crippen molar-refractivity contribution in [2.24, 2.45) is 0 Å². The van der Waals surface area contributed by atoms with E-state index < -0.39 is 18.0 Å². The number of amides is 1. The average Bonchev–Trinajstić information content (AvgIpc) is 3.02. The molecule has 0 saturated heterocycles. The molecule has 0 aliphatic carbocycles. The molecule has 0 unspecified atom stereocenters. The van der Waals surface area contributed by atoms with Gasteiger partial charge in [-0.2, -0.15) is 5.26 Å². The monoisotopic (exact) mass is 283 g/mol. The number of nitrogens with zero attached hydrogens (tertiary/aromatic N) is 1. The molecule has 1 heterocycles. The first-order chi connectivity index (χ1) is 10.1. The Labute approximate surface area is 121 Å². The summed E-state index contributed by atoms with van der Waals surface area (Å²) >= 11 is 0. The summed E-state index contributed by atoms with van der Waals surface area (Å²) in [5.74, 6) is -1.12. The smallest absolute Gasteiger partial charge is 0.355 e. The quantitative estimate of drug-likeness (QED) is 0.840. The first-order valence-corrected chi connectivity index (χ1v) is 6.26. The second-order valence-corrected chi connectivity index (χ2v) is 4.28. The van der Waals surface area contributed by atoms with Gasteiger partial charge in [-0.25, -0.2) is 4.79 Å². The predicted octanol–water partition coefficient (Wildman–Crippen LogP) is 2.07. The number of aromatic amines is 1. The zero-order chi connectivity index (χ0) is 15.2. The van der Waals surface area contributed by atoms with Crippen LogP contribution in [0.15, 0.2) is 42.6 Å². The Morgan fingerprint density at radius 1 is 1.29 bits per heavy atom. The number of carbonyl (C=O) groups excluding carboxylic acids is 2. The lowest BCUT2D eigenvalue weighted by Crippen LogP contribution is -2.30. The molecule has 1 aromatic carbocycles. The van der Waals surface area contributed by atoms with E-state index in [1.54, 1.807) is 42.6 Å². The van der Waals surface area contributed by atoms with E-state index in [1.165, 1.54) is 6.92 Å². The molecule has 0 aliphatic heterocycles. The van der Waals surface area contributed by atoms with Gasteiger partial charge in [-0.3, -0.25) is 4.79 Å². The fraction of sp³-hybridized carbons (Fsp3) is 0.133. The third-order valence-electron chi connectivity index (χ3n) is 2.78. The summed E-state index contributed by atoms with van der Waals surface area (Å²) in [6.45, 7) is 1.46. The number of aromatic nitrogens is 1. The number of para-hydroxylation sites is 1. The number of carbonyl (C=O) groups is 2. The molecular weight excluding hydrogens is 270 g/mol. The summed E-state index contributed by atoms with van der Waals surface area (Å²) in [4.78, 5) is 26.4. The van der Waals surface area contributed by atoms with Crippen LogP contribution in [0.1, 0.15) is 23.0 Å². The normalized spacial score (nSPS) is 11.2. The van der Waals surface area contributed by atoms with Crippen molar-refractivity contribution in [2.75, 3.05) is 5.32 Å². The van der Waals surface area contributed by atoms with Crippen LogP contribution in [0.2, 0.25) is 0 Å². The van der Waals surface area contributed by atoms with Crippen LogP contribution >= 0.6 is 0 Å². The number of anilines is 1. The molecule has 0 bridgehead atoms. The molecular formula is C15H13N3O3. The molecule has 0 spiro atoms. The number of nitrogens with one attached hydrogen (secondary N) is 2. The minimum atomic E-state index is -0.979. The Bertz CT molecular complexity index is 686. The van der Waals surface area contributed by atoms with Crippen molar-refractivity contribution < 1.29 is 14.3 Å². The molecule has 21 heavy (non-hydrogen) atoms. The van der Waals surface area contributed by atoms with Gasteiger partial charge in [0.2, 0.25) is 0 Å². The Morgan fingerprint density at radius 2 is 2.05 bits per heavy atom. The zero-order valence-electron chi connectivity index (χ0n) is 11.3. The van der Waals surface area contributed by atoms with Crippen molar-refractivity contribution in [3.63, 3.8) is 0 Å². The van der Waals surface area contributed by atoms with E-state index in [0.29, 0.717) is 11.3 Å². The maximum absolute atomic E-state index is 12.0. The summed E-state index contributed by atoms with van der Waals surface area (Å²) in [6.07, 6.45) is 0.609. The number of hydrogen-bond donors (Lipinski definition) is 2. The van der Waals surface area contributed by atoms with Crippen LogP contribution in [0.5, 0.6) is 0 Å². The van der Waals surface area contributed by atoms with Gasteiger partial charge in [-0.05, 0) is 31.2 Å². The van der Waals surface area contributed by atoms with Gasteiger partial charge in [0.15, 0.2) is 6.10 Å². The first-order valence-electron chi connectivity index (χ1n) is 6.26. The molecule has 6 heteroatoms. The van der Waals surface area contributed by atoms with Crippen molar-refractivity contribution in [1.82, 2.24) is 4.98 Å². The van der Waals surface area contributed by atoms with Crippen LogP contribution in [0, 0.1) is 11.3 Å². The number of nitriles is 1. The van der Waals surface area contributed by atoms with Gasteiger partial charge in [-0.1, -0.05) is 12.1 Å². The van der Waals surface area contributed by atoms with Crippen LogP contribution in [0.3, 0.4) is 0 Å². The molecule has 1 aromatic heterocycles. The van der Waals surface area contributed by atoms with Crippen LogP contribution in [-0.2, 0) is 9.53 Å². The topological polar surface area (TPSA) is 95.0 Å². The van der Waals surface area contributed by atoms with E-state index in [9.17, 15) is 9.59 Å². The highest BCUT2D eigenvalue weighted by Crippen LogP contribution is 2.14. The SMILES string of the molecule is C[C@H](OC(=O)c1ccc[nH]1)C(=O)Nc1ccccc1C#N. The number of ether oxygens (including phenoxy) is 1.